The molecule has 1 heterocycles. The molecule has 0 atom stereocenters. The molecule has 0 saturated heterocycles. The van der Waals surface area contributed by atoms with Gasteiger partial charge in [-0.1, -0.05) is 40.5 Å². The molecule has 9 heteroatoms. The van der Waals surface area contributed by atoms with Gasteiger partial charge in [-0.25, -0.2) is 0 Å². The Morgan fingerprint density at radius 3 is 2.67 bits per heavy atom. The lowest BCUT2D eigenvalue weighted by atomic mass is 10.2. The summed E-state index contributed by atoms with van der Waals surface area (Å²) in [6.45, 7) is 0.0256. The number of rotatable bonds is 7. The highest BCUT2D eigenvalue weighted by Gasteiger charge is 2.13. The molecule has 2 aromatic carbocycles. The lowest BCUT2D eigenvalue weighted by Gasteiger charge is -2.08. The van der Waals surface area contributed by atoms with Gasteiger partial charge in [-0.15, -0.1) is 0 Å². The summed E-state index contributed by atoms with van der Waals surface area (Å²) in [7, 11) is 1.53. The smallest absolute Gasteiger partial charge is 0.264 e. The summed E-state index contributed by atoms with van der Waals surface area (Å²) in [5.74, 6) is 1.21. The maximum absolute atomic E-state index is 12.2. The van der Waals surface area contributed by atoms with E-state index in [-0.39, 0.29) is 30.7 Å². The topological polar surface area (TPSA) is 86.5 Å². The molecule has 0 bridgehead atoms. The van der Waals surface area contributed by atoms with Crippen molar-refractivity contribution in [2.24, 2.45) is 0 Å². The van der Waals surface area contributed by atoms with E-state index >= 15 is 0 Å². The van der Waals surface area contributed by atoms with E-state index in [1.165, 1.54) is 7.11 Å². The van der Waals surface area contributed by atoms with Crippen LogP contribution in [0, 0.1) is 0 Å². The standard InChI is InChI=1S/C18H15Cl2N3O4/c1-25-15-5-3-2-4-14(15)21-17(24)9-16-22-18(27-23-16)10-26-13-7-11(19)6-12(20)8-13/h2-8H,9-10H2,1H3,(H,21,24). The first kappa shape index (κ1) is 19.0. The molecule has 0 aliphatic carbocycles. The highest BCUT2D eigenvalue weighted by Crippen LogP contribution is 2.25. The predicted molar refractivity (Wildman–Crippen MR) is 100 cm³/mol. The minimum Gasteiger partial charge on any atom is -0.495 e. The Morgan fingerprint density at radius 2 is 1.93 bits per heavy atom. The molecule has 7 nitrogen and oxygen atoms in total. The number of halogens is 2. The third kappa shape index (κ3) is 5.35. The highest BCUT2D eigenvalue weighted by atomic mass is 35.5. The summed E-state index contributed by atoms with van der Waals surface area (Å²) in [5.41, 5.74) is 0.565. The summed E-state index contributed by atoms with van der Waals surface area (Å²) >= 11 is 11.8. The number of para-hydroxylation sites is 2. The average molecular weight is 408 g/mol. The fourth-order valence-electron chi connectivity index (χ4n) is 2.26. The number of ether oxygens (including phenoxy) is 2. The van der Waals surface area contributed by atoms with Gasteiger partial charge in [-0.05, 0) is 30.3 Å². The van der Waals surface area contributed by atoms with E-state index in [2.05, 4.69) is 15.5 Å². The van der Waals surface area contributed by atoms with Gasteiger partial charge in [0.05, 0.1) is 19.2 Å². The van der Waals surface area contributed by atoms with Crippen molar-refractivity contribution >= 4 is 34.8 Å². The Balaban J connectivity index is 1.56. The van der Waals surface area contributed by atoms with Crippen molar-refractivity contribution in [3.05, 3.63) is 64.2 Å². The van der Waals surface area contributed by atoms with Crippen LogP contribution in [0.5, 0.6) is 11.5 Å². The van der Waals surface area contributed by atoms with Crippen molar-refractivity contribution in [2.45, 2.75) is 13.0 Å². The first-order chi connectivity index (χ1) is 13.0. The minimum atomic E-state index is -0.297. The summed E-state index contributed by atoms with van der Waals surface area (Å²) in [4.78, 5) is 16.3. The van der Waals surface area contributed by atoms with E-state index in [0.29, 0.717) is 27.2 Å². The normalized spacial score (nSPS) is 10.5. The van der Waals surface area contributed by atoms with E-state index < -0.39 is 0 Å². The van der Waals surface area contributed by atoms with Crippen LogP contribution in [-0.2, 0) is 17.8 Å². The van der Waals surface area contributed by atoms with Gasteiger partial charge < -0.3 is 19.3 Å². The van der Waals surface area contributed by atoms with Gasteiger partial charge in [0.1, 0.15) is 11.5 Å². The first-order valence-corrected chi connectivity index (χ1v) is 8.62. The largest absolute Gasteiger partial charge is 0.495 e. The quantitative estimate of drug-likeness (QED) is 0.632. The number of nitrogens with zero attached hydrogens (tertiary/aromatic N) is 2. The highest BCUT2D eigenvalue weighted by molar-refractivity contribution is 6.34. The molecule has 1 aromatic heterocycles. The molecule has 0 spiro atoms. The first-order valence-electron chi connectivity index (χ1n) is 7.86. The van der Waals surface area contributed by atoms with Crippen molar-refractivity contribution < 1.29 is 18.8 Å². The van der Waals surface area contributed by atoms with E-state index in [4.69, 9.17) is 37.2 Å². The number of anilines is 1. The average Bonchev–Trinajstić information content (AvgIpc) is 3.07. The van der Waals surface area contributed by atoms with Crippen LogP contribution in [0.1, 0.15) is 11.7 Å². The molecule has 0 fully saturated rings. The lowest BCUT2D eigenvalue weighted by Crippen LogP contribution is -2.15. The summed E-state index contributed by atoms with van der Waals surface area (Å²) in [6, 6.07) is 11.9. The molecular formula is C18H15Cl2N3O4. The number of benzene rings is 2. The number of nitrogens with one attached hydrogen (secondary N) is 1. The Hall–Kier alpha value is -2.77. The van der Waals surface area contributed by atoms with Crippen LogP contribution in [-0.4, -0.2) is 23.2 Å². The van der Waals surface area contributed by atoms with Gasteiger partial charge in [-0.2, -0.15) is 4.98 Å². The van der Waals surface area contributed by atoms with E-state index in [1.807, 2.05) is 6.07 Å². The van der Waals surface area contributed by atoms with Crippen molar-refractivity contribution in [3.8, 4) is 11.5 Å². The number of carbonyl (C=O) groups is 1. The molecule has 0 aliphatic rings. The molecule has 3 aromatic rings. The second-order valence-corrected chi connectivity index (χ2v) is 6.30. The number of amides is 1. The SMILES string of the molecule is COc1ccccc1NC(=O)Cc1noc(COc2cc(Cl)cc(Cl)c2)n1. The van der Waals surface area contributed by atoms with Gasteiger partial charge in [0, 0.05) is 10.0 Å². The third-order valence-corrected chi connectivity index (χ3v) is 3.84. The fraction of sp³-hybridized carbons (Fsp3) is 0.167. The van der Waals surface area contributed by atoms with Crippen LogP contribution in [0.3, 0.4) is 0 Å². The van der Waals surface area contributed by atoms with Crippen LogP contribution in [0.25, 0.3) is 0 Å². The van der Waals surface area contributed by atoms with Gasteiger partial charge in [0.25, 0.3) is 5.89 Å². The maximum atomic E-state index is 12.2. The van der Waals surface area contributed by atoms with E-state index in [1.54, 1.807) is 36.4 Å². The van der Waals surface area contributed by atoms with Crippen molar-refractivity contribution in [3.63, 3.8) is 0 Å². The Kier molecular flexibility index (Phi) is 6.16. The second kappa shape index (κ2) is 8.75. The van der Waals surface area contributed by atoms with Gasteiger partial charge in [0.15, 0.2) is 12.4 Å². The van der Waals surface area contributed by atoms with E-state index in [0.717, 1.165) is 0 Å². The van der Waals surface area contributed by atoms with Gasteiger partial charge in [0.2, 0.25) is 5.91 Å². The Bertz CT molecular complexity index is 926. The zero-order valence-corrected chi connectivity index (χ0v) is 15.8. The molecule has 0 saturated carbocycles. The molecule has 0 aliphatic heterocycles. The Morgan fingerprint density at radius 1 is 1.19 bits per heavy atom. The fourth-order valence-corrected chi connectivity index (χ4v) is 2.77. The Labute approximate surface area is 165 Å². The van der Waals surface area contributed by atoms with Crippen LogP contribution in [0.4, 0.5) is 5.69 Å². The molecular weight excluding hydrogens is 393 g/mol. The number of hydrogen-bond acceptors (Lipinski definition) is 6. The molecule has 3 rings (SSSR count). The van der Waals surface area contributed by atoms with Crippen LogP contribution >= 0.6 is 23.2 Å². The third-order valence-electron chi connectivity index (χ3n) is 3.41. The van der Waals surface area contributed by atoms with Crippen LogP contribution < -0.4 is 14.8 Å². The number of methoxy groups -OCH3 is 1. The molecule has 0 radical (unpaired) electrons. The second-order valence-electron chi connectivity index (χ2n) is 5.42. The molecule has 1 N–H and O–H groups in total. The molecule has 140 valence electrons. The van der Waals surface area contributed by atoms with Crippen LogP contribution in [0.2, 0.25) is 10.0 Å². The molecule has 0 unspecified atom stereocenters. The van der Waals surface area contributed by atoms with E-state index in [9.17, 15) is 4.79 Å². The lowest BCUT2D eigenvalue weighted by molar-refractivity contribution is -0.115. The van der Waals surface area contributed by atoms with Crippen molar-refractivity contribution in [1.82, 2.24) is 10.1 Å². The summed E-state index contributed by atoms with van der Waals surface area (Å²) in [6.07, 6.45) is -0.0510. The predicted octanol–water partition coefficient (Wildman–Crippen LogP) is 4.15. The number of hydrogen-bond donors (Lipinski definition) is 1. The summed E-state index contributed by atoms with van der Waals surface area (Å²) in [5, 5.41) is 7.43. The van der Waals surface area contributed by atoms with Crippen LogP contribution in [0.15, 0.2) is 47.0 Å². The summed E-state index contributed by atoms with van der Waals surface area (Å²) < 4.78 is 15.8. The van der Waals surface area contributed by atoms with Crippen molar-refractivity contribution in [2.75, 3.05) is 12.4 Å². The molecule has 27 heavy (non-hydrogen) atoms. The number of carbonyl (C=O) groups excluding carboxylic acids is 1. The minimum absolute atomic E-state index is 0.0256. The monoisotopic (exact) mass is 407 g/mol. The van der Waals surface area contributed by atoms with Crippen molar-refractivity contribution in [1.29, 1.82) is 0 Å². The van der Waals surface area contributed by atoms with Gasteiger partial charge in [-0.3, -0.25) is 4.79 Å². The zero-order chi connectivity index (χ0) is 19.2. The maximum Gasteiger partial charge on any atom is 0.264 e. The molecule has 1 amide bonds. The number of aromatic nitrogens is 2. The zero-order valence-electron chi connectivity index (χ0n) is 14.2. The van der Waals surface area contributed by atoms with Gasteiger partial charge >= 0.3 is 0 Å².